The van der Waals surface area contributed by atoms with Gasteiger partial charge in [-0.1, -0.05) is 6.07 Å². The van der Waals surface area contributed by atoms with E-state index in [1.807, 2.05) is 0 Å². The van der Waals surface area contributed by atoms with Gasteiger partial charge in [0.15, 0.2) is 0 Å². The molecule has 17 heavy (non-hydrogen) atoms. The first-order valence-electron chi connectivity index (χ1n) is 5.71. The van der Waals surface area contributed by atoms with Crippen LogP contribution in [0.2, 0.25) is 0 Å². The second-order valence-electron chi connectivity index (χ2n) is 4.20. The number of esters is 1. The Kier molecular flexibility index (Phi) is 3.74. The number of hydrogen-bond acceptors (Lipinski definition) is 3. The number of aryl methyl sites for hydroxylation is 1. The molecule has 2 rings (SSSR count). The highest BCUT2D eigenvalue weighted by Crippen LogP contribution is 2.16. The third-order valence-electron chi connectivity index (χ3n) is 2.79. The molecule has 0 N–H and O–H groups in total. The van der Waals surface area contributed by atoms with Crippen LogP contribution in [0.25, 0.3) is 0 Å². The molecule has 1 aromatic carbocycles. The Morgan fingerprint density at radius 1 is 1.41 bits per heavy atom. The largest absolute Gasteiger partial charge is 0.459 e. The first kappa shape index (κ1) is 12.0. The van der Waals surface area contributed by atoms with Crippen LogP contribution in [-0.2, 0) is 9.47 Å². The molecule has 0 bridgehead atoms. The minimum atomic E-state index is -0.589. The van der Waals surface area contributed by atoms with Crippen LogP contribution >= 0.6 is 0 Å². The average molecular weight is 238 g/mol. The van der Waals surface area contributed by atoms with E-state index in [4.69, 9.17) is 9.47 Å². The zero-order chi connectivity index (χ0) is 12.3. The number of ether oxygens (including phenoxy) is 2. The van der Waals surface area contributed by atoms with Crippen LogP contribution in [0.5, 0.6) is 0 Å². The summed E-state index contributed by atoms with van der Waals surface area (Å²) in [6.07, 6.45) is 1.20. The van der Waals surface area contributed by atoms with Crippen molar-refractivity contribution in [2.45, 2.75) is 25.9 Å². The van der Waals surface area contributed by atoms with Crippen molar-refractivity contribution in [3.63, 3.8) is 0 Å². The molecular weight excluding hydrogens is 223 g/mol. The van der Waals surface area contributed by atoms with Gasteiger partial charge < -0.3 is 9.47 Å². The summed E-state index contributed by atoms with van der Waals surface area (Å²) in [5, 5.41) is 0. The molecule has 0 unspecified atom stereocenters. The molecule has 1 fully saturated rings. The van der Waals surface area contributed by atoms with Gasteiger partial charge in [-0.25, -0.2) is 9.18 Å². The lowest BCUT2D eigenvalue weighted by atomic mass is 10.1. The predicted octanol–water partition coefficient (Wildman–Crippen LogP) is 2.47. The molecule has 0 radical (unpaired) electrons. The maximum absolute atomic E-state index is 13.5. The predicted molar refractivity (Wildman–Crippen MR) is 60.4 cm³/mol. The molecule has 0 spiro atoms. The van der Waals surface area contributed by atoms with E-state index in [9.17, 15) is 9.18 Å². The minimum absolute atomic E-state index is 0.00194. The third-order valence-corrected chi connectivity index (χ3v) is 2.79. The van der Waals surface area contributed by atoms with Gasteiger partial charge in [-0.05, 0) is 24.6 Å². The molecule has 4 heteroatoms. The van der Waals surface area contributed by atoms with Crippen LogP contribution in [0, 0.1) is 12.7 Å². The zero-order valence-corrected chi connectivity index (χ0v) is 9.74. The second kappa shape index (κ2) is 5.27. The van der Waals surface area contributed by atoms with Crippen molar-refractivity contribution in [3.05, 3.63) is 35.1 Å². The van der Waals surface area contributed by atoms with E-state index in [0.29, 0.717) is 26.1 Å². The highest BCUT2D eigenvalue weighted by molar-refractivity contribution is 5.89. The Hall–Kier alpha value is -1.42. The quantitative estimate of drug-likeness (QED) is 0.742. The molecule has 0 aromatic heterocycles. The number of benzene rings is 1. The number of halogens is 1. The van der Waals surface area contributed by atoms with Crippen LogP contribution in [-0.4, -0.2) is 25.3 Å². The molecule has 0 atom stereocenters. The standard InChI is InChI=1S/C13H15FO3/c1-9-2-3-11(12(14)8-9)13(15)17-10-4-6-16-7-5-10/h2-3,8,10H,4-7H2,1H3. The molecule has 0 saturated carbocycles. The summed E-state index contributed by atoms with van der Waals surface area (Å²) in [5.41, 5.74) is 0.784. The van der Waals surface area contributed by atoms with Gasteiger partial charge in [0.1, 0.15) is 11.9 Å². The first-order chi connectivity index (χ1) is 8.16. The van der Waals surface area contributed by atoms with E-state index in [1.165, 1.54) is 12.1 Å². The topological polar surface area (TPSA) is 35.5 Å². The van der Waals surface area contributed by atoms with Crippen molar-refractivity contribution in [3.8, 4) is 0 Å². The summed E-state index contributed by atoms with van der Waals surface area (Å²) in [6.45, 7) is 2.96. The highest BCUT2D eigenvalue weighted by Gasteiger charge is 2.21. The molecule has 1 saturated heterocycles. The summed E-state index contributed by atoms with van der Waals surface area (Å²) in [6, 6.07) is 4.50. The van der Waals surface area contributed by atoms with Gasteiger partial charge in [-0.3, -0.25) is 0 Å². The maximum atomic E-state index is 13.5. The van der Waals surface area contributed by atoms with Crippen molar-refractivity contribution in [1.82, 2.24) is 0 Å². The Morgan fingerprint density at radius 3 is 2.76 bits per heavy atom. The second-order valence-corrected chi connectivity index (χ2v) is 4.20. The van der Waals surface area contributed by atoms with Crippen LogP contribution < -0.4 is 0 Å². The Balaban J connectivity index is 2.03. The highest BCUT2D eigenvalue weighted by atomic mass is 19.1. The molecule has 1 aromatic rings. The van der Waals surface area contributed by atoms with Gasteiger partial charge in [-0.2, -0.15) is 0 Å². The molecular formula is C13H15FO3. The SMILES string of the molecule is Cc1ccc(C(=O)OC2CCOCC2)c(F)c1. The fourth-order valence-corrected chi connectivity index (χ4v) is 1.79. The smallest absolute Gasteiger partial charge is 0.341 e. The van der Waals surface area contributed by atoms with E-state index in [1.54, 1.807) is 13.0 Å². The van der Waals surface area contributed by atoms with Gasteiger partial charge in [0.25, 0.3) is 0 Å². The summed E-state index contributed by atoms with van der Waals surface area (Å²) >= 11 is 0. The summed E-state index contributed by atoms with van der Waals surface area (Å²) in [7, 11) is 0. The lowest BCUT2D eigenvalue weighted by Crippen LogP contribution is -2.26. The fraction of sp³-hybridized carbons (Fsp3) is 0.462. The fourth-order valence-electron chi connectivity index (χ4n) is 1.79. The average Bonchev–Trinajstić information content (AvgIpc) is 2.30. The van der Waals surface area contributed by atoms with Crippen molar-refractivity contribution in [2.75, 3.05) is 13.2 Å². The Morgan fingerprint density at radius 2 is 2.12 bits per heavy atom. The van der Waals surface area contributed by atoms with Gasteiger partial charge in [0.05, 0.1) is 18.8 Å². The summed E-state index contributed by atoms with van der Waals surface area (Å²) < 4.78 is 23.9. The number of carbonyl (C=O) groups is 1. The van der Waals surface area contributed by atoms with Gasteiger partial charge in [-0.15, -0.1) is 0 Å². The monoisotopic (exact) mass is 238 g/mol. The lowest BCUT2D eigenvalue weighted by molar-refractivity contribution is -0.0162. The molecule has 0 amide bonds. The Bertz CT molecular complexity index is 411. The Labute approximate surface area is 99.5 Å². The minimum Gasteiger partial charge on any atom is -0.459 e. The molecule has 0 aliphatic carbocycles. The number of hydrogen-bond donors (Lipinski definition) is 0. The summed E-state index contributed by atoms with van der Waals surface area (Å²) in [4.78, 5) is 11.7. The van der Waals surface area contributed by atoms with Crippen molar-refractivity contribution in [1.29, 1.82) is 0 Å². The van der Waals surface area contributed by atoms with Crippen LogP contribution in [0.4, 0.5) is 4.39 Å². The van der Waals surface area contributed by atoms with Crippen LogP contribution in [0.15, 0.2) is 18.2 Å². The van der Waals surface area contributed by atoms with Gasteiger partial charge >= 0.3 is 5.97 Å². The van der Waals surface area contributed by atoms with E-state index in [-0.39, 0.29) is 11.7 Å². The van der Waals surface area contributed by atoms with Crippen molar-refractivity contribution >= 4 is 5.97 Å². The summed E-state index contributed by atoms with van der Waals surface area (Å²) in [5.74, 6) is -1.11. The van der Waals surface area contributed by atoms with Crippen LogP contribution in [0.3, 0.4) is 0 Å². The zero-order valence-electron chi connectivity index (χ0n) is 9.74. The maximum Gasteiger partial charge on any atom is 0.341 e. The van der Waals surface area contributed by atoms with Crippen molar-refractivity contribution in [2.24, 2.45) is 0 Å². The lowest BCUT2D eigenvalue weighted by Gasteiger charge is -2.22. The van der Waals surface area contributed by atoms with Gasteiger partial charge in [0, 0.05) is 12.8 Å². The van der Waals surface area contributed by atoms with E-state index < -0.39 is 11.8 Å². The first-order valence-corrected chi connectivity index (χ1v) is 5.71. The third kappa shape index (κ3) is 3.03. The van der Waals surface area contributed by atoms with Gasteiger partial charge in [0.2, 0.25) is 0 Å². The molecule has 1 aliphatic rings. The number of rotatable bonds is 2. The molecule has 3 nitrogen and oxygen atoms in total. The van der Waals surface area contributed by atoms with Crippen LogP contribution in [0.1, 0.15) is 28.8 Å². The molecule has 1 heterocycles. The molecule has 92 valence electrons. The number of carbonyl (C=O) groups excluding carboxylic acids is 1. The van der Waals surface area contributed by atoms with Crippen molar-refractivity contribution < 1.29 is 18.7 Å². The molecule has 1 aliphatic heterocycles. The van der Waals surface area contributed by atoms with E-state index in [0.717, 1.165) is 5.56 Å². The normalized spacial score (nSPS) is 16.8. The van der Waals surface area contributed by atoms with E-state index in [2.05, 4.69) is 0 Å². The van der Waals surface area contributed by atoms with E-state index >= 15 is 0 Å².